The van der Waals surface area contributed by atoms with Crippen LogP contribution < -0.4 is 10.6 Å². The summed E-state index contributed by atoms with van der Waals surface area (Å²) < 4.78 is 2.22. The number of carbonyl (C=O) groups is 2. The van der Waals surface area contributed by atoms with E-state index in [9.17, 15) is 19.8 Å². The highest BCUT2D eigenvalue weighted by molar-refractivity contribution is 5.76. The van der Waals surface area contributed by atoms with Gasteiger partial charge in [-0.1, -0.05) is 39.0 Å². The van der Waals surface area contributed by atoms with E-state index in [1.807, 2.05) is 51.2 Å². The highest BCUT2D eigenvalue weighted by atomic mass is 16.4. The molecule has 0 bridgehead atoms. The Morgan fingerprint density at radius 1 is 1.07 bits per heavy atom. The summed E-state index contributed by atoms with van der Waals surface area (Å²) in [6.07, 6.45) is 3.19. The Kier molecular flexibility index (Phi) is 9.36. The molecule has 0 aliphatic heterocycles. The Bertz CT molecular complexity index is 1440. The van der Waals surface area contributed by atoms with Crippen LogP contribution in [0.2, 0.25) is 0 Å². The Balaban J connectivity index is 1.58. The van der Waals surface area contributed by atoms with E-state index in [4.69, 9.17) is 9.97 Å². The first-order chi connectivity index (χ1) is 20.2. The first-order valence-electron chi connectivity index (χ1n) is 15.0. The van der Waals surface area contributed by atoms with Gasteiger partial charge in [0.1, 0.15) is 5.82 Å². The molecule has 2 unspecified atom stereocenters. The minimum atomic E-state index is -1.58. The topological polar surface area (TPSA) is 136 Å². The van der Waals surface area contributed by atoms with E-state index < -0.39 is 28.9 Å². The van der Waals surface area contributed by atoms with E-state index >= 15 is 0 Å². The Morgan fingerprint density at radius 3 is 2.44 bits per heavy atom. The number of para-hydroxylation sites is 2. The lowest BCUT2D eigenvalue weighted by atomic mass is 9.82. The second kappa shape index (κ2) is 12.5. The molecule has 4 N–H and O–H groups in total. The van der Waals surface area contributed by atoms with Crippen LogP contribution in [-0.2, 0) is 19.5 Å². The molecule has 2 amide bonds. The van der Waals surface area contributed by atoms with Crippen LogP contribution in [0.5, 0.6) is 0 Å². The summed E-state index contributed by atoms with van der Waals surface area (Å²) in [4.78, 5) is 37.8. The van der Waals surface area contributed by atoms with Gasteiger partial charge in [-0.05, 0) is 77.3 Å². The van der Waals surface area contributed by atoms with E-state index in [1.54, 1.807) is 20.8 Å². The number of carboxylic acid groups (broad SMARTS) is 2. The molecule has 1 aromatic carbocycles. The molecule has 1 aliphatic rings. The molecule has 11 nitrogen and oxygen atoms in total. The summed E-state index contributed by atoms with van der Waals surface area (Å²) in [6.45, 7) is 12.4. The zero-order valence-corrected chi connectivity index (χ0v) is 26.5. The number of aromatic nitrogens is 3. The van der Waals surface area contributed by atoms with E-state index in [2.05, 4.69) is 39.3 Å². The maximum atomic E-state index is 12.6. The summed E-state index contributed by atoms with van der Waals surface area (Å²) in [5, 5.41) is 26.0. The maximum absolute atomic E-state index is 12.6. The fraction of sp³-hybridized carbons (Fsp3) is 0.562. The van der Waals surface area contributed by atoms with Crippen LogP contribution in [0.3, 0.4) is 0 Å². The average molecular weight is 594 g/mol. The lowest BCUT2D eigenvalue weighted by molar-refractivity contribution is -0.0845. The normalized spacial score (nSPS) is 17.0. The molecule has 11 heteroatoms. The van der Waals surface area contributed by atoms with Crippen molar-refractivity contribution in [1.29, 1.82) is 0 Å². The Hall–Kier alpha value is -3.70. The molecule has 0 saturated heterocycles. The third-order valence-electron chi connectivity index (χ3n) is 8.33. The number of rotatable bonds is 10. The van der Waals surface area contributed by atoms with Gasteiger partial charge in [-0.25, -0.2) is 14.6 Å². The number of nitrogens with one attached hydrogen (secondary N) is 2. The van der Waals surface area contributed by atoms with Crippen molar-refractivity contribution in [3.63, 3.8) is 0 Å². The van der Waals surface area contributed by atoms with Gasteiger partial charge in [-0.3, -0.25) is 25.4 Å². The highest BCUT2D eigenvalue weighted by Crippen LogP contribution is 2.37. The zero-order valence-electron chi connectivity index (χ0n) is 26.5. The van der Waals surface area contributed by atoms with Crippen molar-refractivity contribution in [2.75, 3.05) is 13.6 Å². The van der Waals surface area contributed by atoms with Crippen molar-refractivity contribution in [2.24, 2.45) is 5.41 Å². The number of imidazole rings is 1. The molecule has 4 rings (SSSR count). The van der Waals surface area contributed by atoms with Crippen molar-refractivity contribution in [2.45, 2.75) is 97.7 Å². The van der Waals surface area contributed by atoms with Gasteiger partial charge in [0.15, 0.2) is 5.79 Å². The minimum Gasteiger partial charge on any atom is -0.465 e. The lowest BCUT2D eigenvalue weighted by Gasteiger charge is -2.55. The molecule has 234 valence electrons. The third kappa shape index (κ3) is 6.78. The number of fused-ring (bicyclic) bond motifs is 2. The van der Waals surface area contributed by atoms with Crippen LogP contribution in [-0.4, -0.2) is 71.7 Å². The summed E-state index contributed by atoms with van der Waals surface area (Å²) in [6, 6.07) is 12.5. The number of amides is 2. The molecular weight excluding hydrogens is 546 g/mol. The fourth-order valence-electron chi connectivity index (χ4n) is 6.40. The molecule has 2 heterocycles. The maximum Gasteiger partial charge on any atom is 0.410 e. The van der Waals surface area contributed by atoms with Crippen LogP contribution in [0.4, 0.5) is 9.59 Å². The van der Waals surface area contributed by atoms with Gasteiger partial charge in [0.2, 0.25) is 0 Å². The van der Waals surface area contributed by atoms with Gasteiger partial charge in [-0.2, -0.15) is 0 Å². The van der Waals surface area contributed by atoms with Gasteiger partial charge in [0.05, 0.1) is 29.3 Å². The van der Waals surface area contributed by atoms with Crippen LogP contribution >= 0.6 is 0 Å². The standard InChI is InChI=1S/C32H47N7O4/c1-30(2,3)32(36-28(40)41,39(29(42)43)31(4,5)6)34-19-12-20-38-24-16-9-8-15-23(24)35-26(38)21-37(7)25-17-10-13-22-14-11-18-33-27(22)25/h8-9,11,14-16,18,25,34,36H,10,12-13,17,19-21H2,1-7H3,(H,40,41)(H,42,43). The molecule has 0 saturated carbocycles. The molecule has 43 heavy (non-hydrogen) atoms. The number of hydrogen-bond donors (Lipinski definition) is 4. The minimum absolute atomic E-state index is 0.216. The molecule has 2 atom stereocenters. The van der Waals surface area contributed by atoms with Crippen molar-refractivity contribution < 1.29 is 19.8 Å². The number of hydrogen-bond acceptors (Lipinski definition) is 6. The first-order valence-corrected chi connectivity index (χ1v) is 15.0. The lowest BCUT2D eigenvalue weighted by Crippen LogP contribution is -2.79. The predicted octanol–water partition coefficient (Wildman–Crippen LogP) is 5.67. The van der Waals surface area contributed by atoms with E-state index in [-0.39, 0.29) is 6.04 Å². The van der Waals surface area contributed by atoms with Crippen LogP contribution in [0.25, 0.3) is 11.0 Å². The van der Waals surface area contributed by atoms with Gasteiger partial charge in [-0.15, -0.1) is 0 Å². The molecule has 0 fully saturated rings. The van der Waals surface area contributed by atoms with Crippen molar-refractivity contribution >= 4 is 23.2 Å². The van der Waals surface area contributed by atoms with Crippen LogP contribution in [0, 0.1) is 5.41 Å². The molecule has 2 aromatic heterocycles. The van der Waals surface area contributed by atoms with Crippen molar-refractivity contribution in [3.05, 3.63) is 59.7 Å². The monoisotopic (exact) mass is 593 g/mol. The van der Waals surface area contributed by atoms with Gasteiger partial charge in [0.25, 0.3) is 0 Å². The Labute approximate surface area is 254 Å². The molecule has 3 aromatic rings. The number of benzene rings is 1. The average Bonchev–Trinajstić information content (AvgIpc) is 3.25. The van der Waals surface area contributed by atoms with E-state index in [1.165, 1.54) is 10.5 Å². The van der Waals surface area contributed by atoms with E-state index in [0.29, 0.717) is 26.1 Å². The smallest absolute Gasteiger partial charge is 0.410 e. The third-order valence-corrected chi connectivity index (χ3v) is 8.33. The van der Waals surface area contributed by atoms with Gasteiger partial charge in [0, 0.05) is 30.2 Å². The largest absolute Gasteiger partial charge is 0.465 e. The summed E-state index contributed by atoms with van der Waals surface area (Å²) >= 11 is 0. The summed E-state index contributed by atoms with van der Waals surface area (Å²) in [7, 11) is 2.13. The quantitative estimate of drug-likeness (QED) is 0.175. The van der Waals surface area contributed by atoms with E-state index in [0.717, 1.165) is 41.8 Å². The number of aryl methyl sites for hydroxylation is 2. The Morgan fingerprint density at radius 2 is 1.79 bits per heavy atom. The summed E-state index contributed by atoms with van der Waals surface area (Å²) in [5.74, 6) is -0.635. The van der Waals surface area contributed by atoms with Crippen molar-refractivity contribution in [1.82, 2.24) is 35.0 Å². The van der Waals surface area contributed by atoms with Gasteiger partial charge < -0.3 is 14.8 Å². The second-order valence-electron chi connectivity index (χ2n) is 13.5. The zero-order chi connectivity index (χ0) is 31.6. The molecular formula is C32H47N7O4. The first kappa shape index (κ1) is 32.2. The molecule has 0 spiro atoms. The summed E-state index contributed by atoms with van der Waals surface area (Å²) in [5.41, 5.74) is 2.70. The van der Waals surface area contributed by atoms with Crippen molar-refractivity contribution in [3.8, 4) is 0 Å². The van der Waals surface area contributed by atoms with Crippen LogP contribution in [0.1, 0.15) is 83.9 Å². The highest BCUT2D eigenvalue weighted by Gasteiger charge is 2.54. The predicted molar refractivity (Wildman–Crippen MR) is 167 cm³/mol. The number of nitrogens with zero attached hydrogens (tertiary/aromatic N) is 5. The molecule has 0 radical (unpaired) electrons. The number of pyridine rings is 1. The second-order valence-corrected chi connectivity index (χ2v) is 13.5. The SMILES string of the molecule is CN(Cc1nc2ccccc2n1CCCNC(NC(=O)O)(N(C(=O)O)C(C)(C)C)C(C)(C)C)C1CCCc2cccnc21. The fourth-order valence-corrected chi connectivity index (χ4v) is 6.40. The van der Waals surface area contributed by atoms with Crippen LogP contribution in [0.15, 0.2) is 42.6 Å². The molecule has 1 aliphatic carbocycles. The van der Waals surface area contributed by atoms with Gasteiger partial charge >= 0.3 is 12.2 Å².